The van der Waals surface area contributed by atoms with E-state index in [1.165, 1.54) is 12.1 Å². The van der Waals surface area contributed by atoms with Crippen LogP contribution < -0.4 is 0 Å². The van der Waals surface area contributed by atoms with Gasteiger partial charge in [0.15, 0.2) is 5.78 Å². The minimum Gasteiger partial charge on any atom is -0.294 e. The van der Waals surface area contributed by atoms with E-state index in [0.29, 0.717) is 11.3 Å². The van der Waals surface area contributed by atoms with Gasteiger partial charge in [-0.05, 0) is 30.3 Å². The number of hydrogen-bond acceptors (Lipinski definition) is 2. The number of carbonyl (C=O) groups excluding carboxylic acids is 1. The molecule has 3 rings (SSSR count). The van der Waals surface area contributed by atoms with Gasteiger partial charge in [0.1, 0.15) is 5.82 Å². The fourth-order valence-corrected chi connectivity index (χ4v) is 2.45. The third-order valence-corrected chi connectivity index (χ3v) is 3.54. The molecule has 0 aliphatic heterocycles. The first-order chi connectivity index (χ1) is 10.1. The maximum absolute atomic E-state index is 13.0. The maximum atomic E-state index is 13.0. The molecule has 0 unspecified atom stereocenters. The van der Waals surface area contributed by atoms with E-state index in [2.05, 4.69) is 4.98 Å². The molecule has 1 heterocycles. The van der Waals surface area contributed by atoms with Crippen molar-refractivity contribution in [1.82, 2.24) is 4.98 Å². The number of carbonyl (C=O) groups is 1. The Morgan fingerprint density at radius 3 is 2.71 bits per heavy atom. The van der Waals surface area contributed by atoms with Crippen LogP contribution in [0.15, 0.2) is 54.6 Å². The predicted molar refractivity (Wildman–Crippen MR) is 81.2 cm³/mol. The van der Waals surface area contributed by atoms with Crippen molar-refractivity contribution in [2.75, 3.05) is 0 Å². The van der Waals surface area contributed by atoms with E-state index in [1.807, 2.05) is 36.4 Å². The zero-order valence-electron chi connectivity index (χ0n) is 11.0. The van der Waals surface area contributed by atoms with Crippen LogP contribution in [-0.2, 0) is 6.42 Å². The second kappa shape index (κ2) is 5.62. The molecule has 4 heteroatoms. The summed E-state index contributed by atoms with van der Waals surface area (Å²) in [5.74, 6) is -0.636. The molecule has 0 saturated heterocycles. The van der Waals surface area contributed by atoms with Gasteiger partial charge in [-0.25, -0.2) is 4.39 Å². The fraction of sp³-hybridized carbons (Fsp3) is 0.0588. The molecular formula is C17H11ClFNO. The Hall–Kier alpha value is -2.26. The summed E-state index contributed by atoms with van der Waals surface area (Å²) in [5, 5.41) is 1.15. The zero-order valence-corrected chi connectivity index (χ0v) is 11.8. The van der Waals surface area contributed by atoms with Gasteiger partial charge in [-0.1, -0.05) is 35.9 Å². The van der Waals surface area contributed by atoms with Gasteiger partial charge in [0.05, 0.1) is 17.0 Å². The van der Waals surface area contributed by atoms with Crippen LogP contribution in [0.4, 0.5) is 4.39 Å². The monoisotopic (exact) mass is 299 g/mol. The topological polar surface area (TPSA) is 30.0 Å². The lowest BCUT2D eigenvalue weighted by molar-refractivity contribution is 0.0992. The number of fused-ring (bicyclic) bond motifs is 1. The van der Waals surface area contributed by atoms with Gasteiger partial charge < -0.3 is 0 Å². The highest BCUT2D eigenvalue weighted by Crippen LogP contribution is 2.20. The molecule has 0 fully saturated rings. The first-order valence-corrected chi connectivity index (χ1v) is 6.84. The van der Waals surface area contributed by atoms with Crippen molar-refractivity contribution in [2.24, 2.45) is 0 Å². The quantitative estimate of drug-likeness (QED) is 0.669. The molecule has 0 radical (unpaired) electrons. The Morgan fingerprint density at radius 2 is 1.90 bits per heavy atom. The number of nitrogens with zero attached hydrogens (tertiary/aromatic N) is 1. The summed E-state index contributed by atoms with van der Waals surface area (Å²) in [4.78, 5) is 16.7. The minimum absolute atomic E-state index is 0.126. The van der Waals surface area contributed by atoms with E-state index in [4.69, 9.17) is 11.6 Å². The van der Waals surface area contributed by atoms with E-state index >= 15 is 0 Å². The van der Waals surface area contributed by atoms with Crippen LogP contribution in [-0.4, -0.2) is 10.8 Å². The molecule has 0 saturated carbocycles. The molecule has 104 valence electrons. The molecule has 21 heavy (non-hydrogen) atoms. The van der Waals surface area contributed by atoms with Crippen molar-refractivity contribution < 1.29 is 9.18 Å². The Bertz CT molecular complexity index is 832. The Kier molecular flexibility index (Phi) is 3.67. The summed E-state index contributed by atoms with van der Waals surface area (Å²) >= 11 is 5.90. The SMILES string of the molecule is O=C(Cc1ccc2ccccc2n1)c1ccc(F)cc1Cl. The summed E-state index contributed by atoms with van der Waals surface area (Å²) in [6, 6.07) is 15.2. The first-order valence-electron chi connectivity index (χ1n) is 6.46. The van der Waals surface area contributed by atoms with Crippen LogP contribution in [0.5, 0.6) is 0 Å². The van der Waals surface area contributed by atoms with Gasteiger partial charge in [-0.2, -0.15) is 0 Å². The Balaban J connectivity index is 1.89. The highest BCUT2D eigenvalue weighted by molar-refractivity contribution is 6.34. The van der Waals surface area contributed by atoms with Crippen molar-refractivity contribution in [1.29, 1.82) is 0 Å². The van der Waals surface area contributed by atoms with Gasteiger partial charge in [-0.3, -0.25) is 9.78 Å². The number of para-hydroxylation sites is 1. The maximum Gasteiger partial charge on any atom is 0.170 e. The van der Waals surface area contributed by atoms with E-state index < -0.39 is 5.82 Å². The highest BCUT2D eigenvalue weighted by atomic mass is 35.5. The number of ketones is 1. The fourth-order valence-electron chi connectivity index (χ4n) is 2.18. The van der Waals surface area contributed by atoms with E-state index in [1.54, 1.807) is 0 Å². The van der Waals surface area contributed by atoms with Crippen LogP contribution in [0.1, 0.15) is 16.1 Å². The highest BCUT2D eigenvalue weighted by Gasteiger charge is 2.12. The summed E-state index contributed by atoms with van der Waals surface area (Å²) < 4.78 is 13.0. The average molecular weight is 300 g/mol. The van der Waals surface area contributed by atoms with Crippen molar-refractivity contribution in [2.45, 2.75) is 6.42 Å². The zero-order chi connectivity index (χ0) is 14.8. The second-order valence-electron chi connectivity index (χ2n) is 4.72. The predicted octanol–water partition coefficient (Wildman–Crippen LogP) is 4.45. The Morgan fingerprint density at radius 1 is 1.10 bits per heavy atom. The number of halogens is 2. The normalized spacial score (nSPS) is 10.8. The molecule has 0 bridgehead atoms. The number of aromatic nitrogens is 1. The van der Waals surface area contributed by atoms with Gasteiger partial charge >= 0.3 is 0 Å². The number of pyridine rings is 1. The standard InChI is InChI=1S/C17H11ClFNO/c18-15-9-12(19)6-8-14(15)17(21)10-13-7-5-11-3-1-2-4-16(11)20-13/h1-9H,10H2. The number of Topliss-reactive ketones (excluding diaryl/α,β-unsaturated/α-hetero) is 1. The number of benzene rings is 2. The molecule has 2 aromatic carbocycles. The minimum atomic E-state index is -0.458. The number of rotatable bonds is 3. The summed E-state index contributed by atoms with van der Waals surface area (Å²) in [7, 11) is 0. The molecule has 0 spiro atoms. The molecule has 3 aromatic rings. The molecular weight excluding hydrogens is 289 g/mol. The van der Waals surface area contributed by atoms with Crippen LogP contribution in [0, 0.1) is 5.82 Å². The van der Waals surface area contributed by atoms with Crippen LogP contribution in [0.2, 0.25) is 5.02 Å². The van der Waals surface area contributed by atoms with Crippen molar-refractivity contribution in [3.05, 3.63) is 76.7 Å². The molecule has 2 nitrogen and oxygen atoms in total. The average Bonchev–Trinajstić information content (AvgIpc) is 2.47. The molecule has 0 amide bonds. The van der Waals surface area contributed by atoms with E-state index in [0.717, 1.165) is 17.0 Å². The summed E-state index contributed by atoms with van der Waals surface area (Å²) in [6.07, 6.45) is 0.135. The molecule has 0 aliphatic carbocycles. The van der Waals surface area contributed by atoms with Crippen LogP contribution >= 0.6 is 11.6 Å². The number of hydrogen-bond donors (Lipinski definition) is 0. The van der Waals surface area contributed by atoms with Gasteiger partial charge in [0.25, 0.3) is 0 Å². The van der Waals surface area contributed by atoms with Gasteiger partial charge in [0.2, 0.25) is 0 Å². The third-order valence-electron chi connectivity index (χ3n) is 3.23. The molecule has 0 atom stereocenters. The van der Waals surface area contributed by atoms with Crippen LogP contribution in [0.25, 0.3) is 10.9 Å². The van der Waals surface area contributed by atoms with Gasteiger partial charge in [0, 0.05) is 16.6 Å². The third kappa shape index (κ3) is 2.93. The lowest BCUT2D eigenvalue weighted by atomic mass is 10.1. The van der Waals surface area contributed by atoms with Crippen LogP contribution in [0.3, 0.4) is 0 Å². The first kappa shape index (κ1) is 13.7. The molecule has 1 aromatic heterocycles. The van der Waals surface area contributed by atoms with Crippen molar-refractivity contribution in [3.63, 3.8) is 0 Å². The van der Waals surface area contributed by atoms with E-state index in [-0.39, 0.29) is 17.2 Å². The second-order valence-corrected chi connectivity index (χ2v) is 5.13. The van der Waals surface area contributed by atoms with Crippen molar-refractivity contribution >= 4 is 28.3 Å². The smallest absolute Gasteiger partial charge is 0.170 e. The van der Waals surface area contributed by atoms with E-state index in [9.17, 15) is 9.18 Å². The van der Waals surface area contributed by atoms with Gasteiger partial charge in [-0.15, -0.1) is 0 Å². The molecule has 0 N–H and O–H groups in total. The van der Waals surface area contributed by atoms with Crippen molar-refractivity contribution in [3.8, 4) is 0 Å². The lowest BCUT2D eigenvalue weighted by Gasteiger charge is -2.05. The summed E-state index contributed by atoms with van der Waals surface area (Å²) in [5.41, 5.74) is 1.82. The Labute approximate surface area is 126 Å². The molecule has 0 aliphatic rings. The summed E-state index contributed by atoms with van der Waals surface area (Å²) in [6.45, 7) is 0. The largest absolute Gasteiger partial charge is 0.294 e. The lowest BCUT2D eigenvalue weighted by Crippen LogP contribution is -2.06.